The Kier molecular flexibility index (Phi) is 3.78. The molecular weight excluding hydrogens is 288 g/mol. The number of carbonyl (C=O) groups is 1. The van der Waals surface area contributed by atoms with Gasteiger partial charge in [-0.3, -0.25) is 0 Å². The first kappa shape index (κ1) is 14.7. The van der Waals surface area contributed by atoms with Gasteiger partial charge in [0.05, 0.1) is 34.8 Å². The maximum atomic E-state index is 12.2. The number of benzene rings is 2. The Balaban J connectivity index is 2.39. The second kappa shape index (κ2) is 5.90. The molecule has 0 aliphatic heterocycles. The second-order valence-electron chi connectivity index (χ2n) is 5.05. The van der Waals surface area contributed by atoms with Crippen LogP contribution < -0.4 is 0 Å². The van der Waals surface area contributed by atoms with Crippen LogP contribution in [-0.2, 0) is 9.53 Å². The summed E-state index contributed by atoms with van der Waals surface area (Å²) >= 11 is 0. The van der Waals surface area contributed by atoms with Gasteiger partial charge in [-0.05, 0) is 31.2 Å². The average Bonchev–Trinajstić information content (AvgIpc) is 2.58. The van der Waals surface area contributed by atoms with Gasteiger partial charge in [0.2, 0.25) is 0 Å². The van der Waals surface area contributed by atoms with E-state index < -0.39 is 5.97 Å². The average molecular weight is 302 g/mol. The Morgan fingerprint density at radius 1 is 1.22 bits per heavy atom. The van der Waals surface area contributed by atoms with E-state index in [0.29, 0.717) is 16.6 Å². The molecule has 23 heavy (non-hydrogen) atoms. The lowest BCUT2D eigenvalue weighted by Crippen LogP contribution is -2.07. The predicted octanol–water partition coefficient (Wildman–Crippen LogP) is 3.84. The van der Waals surface area contributed by atoms with E-state index in [1.165, 1.54) is 0 Å². The molecule has 0 saturated carbocycles. The summed E-state index contributed by atoms with van der Waals surface area (Å²) in [5.41, 5.74) is 2.92. The molecule has 0 atom stereocenters. The number of hydrogen-bond acceptors (Lipinski definition) is 4. The Labute approximate surface area is 133 Å². The van der Waals surface area contributed by atoms with Crippen LogP contribution in [0.3, 0.4) is 0 Å². The van der Waals surface area contributed by atoms with E-state index in [2.05, 4.69) is 17.6 Å². The molecule has 0 amide bonds. The standard InChI is InChI=1S/C19H14N2O2/c1-3-23-19(22)12(2)18-14-6-4-5-7-16(14)21-17-9-8-13(11-20)10-15(17)18/h4-10H,2-3H2,1H3. The number of ether oxygens (including phenoxy) is 1. The highest BCUT2D eigenvalue weighted by atomic mass is 16.5. The molecule has 0 aliphatic rings. The fraction of sp³-hybridized carbons (Fsp3) is 0.105. The zero-order valence-corrected chi connectivity index (χ0v) is 12.7. The third kappa shape index (κ3) is 2.53. The number of para-hydroxylation sites is 1. The zero-order valence-electron chi connectivity index (χ0n) is 12.7. The highest BCUT2D eigenvalue weighted by molar-refractivity contribution is 6.23. The normalized spacial score (nSPS) is 10.4. The van der Waals surface area contributed by atoms with Gasteiger partial charge >= 0.3 is 5.97 Å². The Bertz CT molecular complexity index is 984. The summed E-state index contributed by atoms with van der Waals surface area (Å²) in [5, 5.41) is 10.7. The summed E-state index contributed by atoms with van der Waals surface area (Å²) in [5.74, 6) is -0.465. The van der Waals surface area contributed by atoms with Gasteiger partial charge in [0, 0.05) is 16.3 Å². The first-order valence-corrected chi connectivity index (χ1v) is 7.24. The molecule has 4 heteroatoms. The molecule has 0 bridgehead atoms. The number of carbonyl (C=O) groups excluding carboxylic acids is 1. The lowest BCUT2D eigenvalue weighted by atomic mass is 9.96. The molecule has 0 saturated heterocycles. The summed E-state index contributed by atoms with van der Waals surface area (Å²) < 4.78 is 5.09. The minimum absolute atomic E-state index is 0.269. The van der Waals surface area contributed by atoms with Crippen molar-refractivity contribution < 1.29 is 9.53 Å². The lowest BCUT2D eigenvalue weighted by Gasteiger charge is -2.12. The van der Waals surface area contributed by atoms with Crippen molar-refractivity contribution in [1.82, 2.24) is 4.98 Å². The van der Waals surface area contributed by atoms with Gasteiger partial charge in [0.1, 0.15) is 0 Å². The predicted molar refractivity (Wildman–Crippen MR) is 89.6 cm³/mol. The van der Waals surface area contributed by atoms with E-state index in [-0.39, 0.29) is 12.2 Å². The van der Waals surface area contributed by atoms with Crippen molar-refractivity contribution in [3.05, 3.63) is 60.2 Å². The molecule has 3 rings (SSSR count). The van der Waals surface area contributed by atoms with Crippen molar-refractivity contribution in [3.8, 4) is 6.07 Å². The molecule has 3 aromatic rings. The van der Waals surface area contributed by atoms with Gasteiger partial charge in [-0.1, -0.05) is 24.8 Å². The Morgan fingerprint density at radius 2 is 1.96 bits per heavy atom. The van der Waals surface area contributed by atoms with Crippen molar-refractivity contribution in [2.24, 2.45) is 0 Å². The van der Waals surface area contributed by atoms with Crippen molar-refractivity contribution >= 4 is 33.3 Å². The Morgan fingerprint density at radius 3 is 2.70 bits per heavy atom. The van der Waals surface area contributed by atoms with Crippen LogP contribution >= 0.6 is 0 Å². The van der Waals surface area contributed by atoms with Gasteiger partial charge in [-0.25, -0.2) is 9.78 Å². The number of fused-ring (bicyclic) bond motifs is 2. The molecule has 0 fully saturated rings. The molecule has 4 nitrogen and oxygen atoms in total. The van der Waals surface area contributed by atoms with Crippen LogP contribution in [0.2, 0.25) is 0 Å². The lowest BCUT2D eigenvalue weighted by molar-refractivity contribution is -0.136. The van der Waals surface area contributed by atoms with Crippen molar-refractivity contribution in [2.75, 3.05) is 6.61 Å². The molecule has 0 radical (unpaired) electrons. The molecule has 0 spiro atoms. The van der Waals surface area contributed by atoms with Crippen molar-refractivity contribution in [3.63, 3.8) is 0 Å². The van der Waals surface area contributed by atoms with Crippen LogP contribution in [0.1, 0.15) is 18.1 Å². The highest BCUT2D eigenvalue weighted by Gasteiger charge is 2.18. The molecule has 1 heterocycles. The third-order valence-corrected chi connectivity index (χ3v) is 3.63. The van der Waals surface area contributed by atoms with Gasteiger partial charge in [0.15, 0.2) is 0 Å². The van der Waals surface area contributed by atoms with Gasteiger partial charge in [-0.15, -0.1) is 0 Å². The summed E-state index contributed by atoms with van der Waals surface area (Å²) in [6, 6.07) is 14.9. The topological polar surface area (TPSA) is 63.0 Å². The molecule has 112 valence electrons. The number of pyridine rings is 1. The van der Waals surface area contributed by atoms with E-state index in [1.54, 1.807) is 25.1 Å². The number of hydrogen-bond donors (Lipinski definition) is 0. The van der Waals surface area contributed by atoms with Crippen LogP contribution in [0.5, 0.6) is 0 Å². The largest absolute Gasteiger partial charge is 0.462 e. The van der Waals surface area contributed by atoms with Gasteiger partial charge < -0.3 is 4.74 Å². The maximum Gasteiger partial charge on any atom is 0.338 e. The van der Waals surface area contributed by atoms with E-state index in [9.17, 15) is 4.79 Å². The molecule has 0 N–H and O–H groups in total. The van der Waals surface area contributed by atoms with Gasteiger partial charge in [-0.2, -0.15) is 5.26 Å². The molecule has 0 aliphatic carbocycles. The van der Waals surface area contributed by atoms with Crippen LogP contribution in [0, 0.1) is 11.3 Å². The zero-order chi connectivity index (χ0) is 16.4. The van der Waals surface area contributed by atoms with E-state index in [0.717, 1.165) is 16.3 Å². The maximum absolute atomic E-state index is 12.2. The first-order valence-electron chi connectivity index (χ1n) is 7.24. The van der Waals surface area contributed by atoms with Gasteiger partial charge in [0.25, 0.3) is 0 Å². The SMILES string of the molecule is C=C(C(=O)OCC)c1c2ccccc2nc2ccc(C#N)cc12. The van der Waals surface area contributed by atoms with E-state index >= 15 is 0 Å². The van der Waals surface area contributed by atoms with Crippen LogP contribution in [0.25, 0.3) is 27.4 Å². The molecule has 1 aromatic heterocycles. The number of aromatic nitrogens is 1. The first-order chi connectivity index (χ1) is 11.2. The van der Waals surface area contributed by atoms with Crippen LogP contribution in [0.15, 0.2) is 49.0 Å². The van der Waals surface area contributed by atoms with Crippen LogP contribution in [0.4, 0.5) is 0 Å². The summed E-state index contributed by atoms with van der Waals surface area (Å²) in [6.45, 7) is 5.95. The van der Waals surface area contributed by atoms with Crippen molar-refractivity contribution in [1.29, 1.82) is 5.26 Å². The van der Waals surface area contributed by atoms with E-state index in [4.69, 9.17) is 10.00 Å². The number of rotatable bonds is 3. The van der Waals surface area contributed by atoms with E-state index in [1.807, 2.05) is 24.3 Å². The summed E-state index contributed by atoms with van der Waals surface area (Å²) in [6.07, 6.45) is 0. The molecule has 0 unspecified atom stereocenters. The fourth-order valence-corrected chi connectivity index (χ4v) is 2.61. The Hall–Kier alpha value is -3.19. The summed E-state index contributed by atoms with van der Waals surface area (Å²) in [4.78, 5) is 16.8. The second-order valence-corrected chi connectivity index (χ2v) is 5.05. The fourth-order valence-electron chi connectivity index (χ4n) is 2.61. The van der Waals surface area contributed by atoms with Crippen LogP contribution in [-0.4, -0.2) is 17.6 Å². The summed E-state index contributed by atoms with van der Waals surface area (Å²) in [7, 11) is 0. The quantitative estimate of drug-likeness (QED) is 0.419. The van der Waals surface area contributed by atoms with Crippen molar-refractivity contribution in [2.45, 2.75) is 6.92 Å². The number of esters is 1. The highest BCUT2D eigenvalue weighted by Crippen LogP contribution is 2.32. The monoisotopic (exact) mass is 302 g/mol. The number of nitrogens with zero attached hydrogens (tertiary/aromatic N) is 2. The minimum atomic E-state index is -0.465. The molecule has 2 aromatic carbocycles. The smallest absolute Gasteiger partial charge is 0.338 e. The minimum Gasteiger partial charge on any atom is -0.462 e. The number of nitriles is 1. The molecular formula is C19H14N2O2. The third-order valence-electron chi connectivity index (χ3n) is 3.63.